The molecule has 66 valence electrons. The Balaban J connectivity index is 2.82. The summed E-state index contributed by atoms with van der Waals surface area (Å²) in [5.74, 6) is 0.607. The summed E-state index contributed by atoms with van der Waals surface area (Å²) in [5, 5.41) is 0.620. The molecule has 0 aromatic heterocycles. The first-order valence-corrected chi connectivity index (χ1v) is 5.46. The summed E-state index contributed by atoms with van der Waals surface area (Å²) in [7, 11) is 0. The molecule has 1 aromatic rings. The molecule has 0 bridgehead atoms. The highest BCUT2D eigenvalue weighted by molar-refractivity contribution is 8.00. The zero-order valence-electron chi connectivity index (χ0n) is 7.38. The second kappa shape index (κ2) is 4.78. The molecule has 0 atom stereocenters. The van der Waals surface area contributed by atoms with Gasteiger partial charge in [-0.05, 0) is 11.6 Å². The van der Waals surface area contributed by atoms with E-state index in [1.165, 1.54) is 10.5 Å². The monoisotopic (exact) mass is 200 g/mol. The number of rotatable bonds is 3. The Morgan fingerprint density at radius 2 is 2.00 bits per heavy atom. The summed E-state index contributed by atoms with van der Waals surface area (Å²) >= 11 is 7.67. The van der Waals surface area contributed by atoms with Gasteiger partial charge in [-0.3, -0.25) is 0 Å². The van der Waals surface area contributed by atoms with E-state index in [4.69, 9.17) is 11.6 Å². The lowest BCUT2D eigenvalue weighted by Gasteiger charge is -2.08. The molecule has 0 N–H and O–H groups in total. The van der Waals surface area contributed by atoms with Gasteiger partial charge in [-0.15, -0.1) is 23.4 Å². The Morgan fingerprint density at radius 1 is 1.33 bits per heavy atom. The van der Waals surface area contributed by atoms with Crippen molar-refractivity contribution < 1.29 is 0 Å². The van der Waals surface area contributed by atoms with E-state index in [1.807, 2.05) is 17.8 Å². The molecule has 1 rings (SSSR count). The molecule has 0 aliphatic rings. The Hall–Kier alpha value is -0.140. The first-order valence-electron chi connectivity index (χ1n) is 4.04. The predicted octanol–water partition coefficient (Wildman–Crippen LogP) is 3.93. The smallest absolute Gasteiger partial charge is 0.0485 e. The molecule has 0 unspecified atom stereocenters. The number of benzene rings is 1. The number of alkyl halides is 1. The van der Waals surface area contributed by atoms with E-state index >= 15 is 0 Å². The third-order valence-electron chi connectivity index (χ3n) is 1.48. The van der Waals surface area contributed by atoms with Gasteiger partial charge in [-0.25, -0.2) is 0 Å². The van der Waals surface area contributed by atoms with Crippen molar-refractivity contribution in [1.82, 2.24) is 0 Å². The van der Waals surface area contributed by atoms with Gasteiger partial charge >= 0.3 is 0 Å². The lowest BCUT2D eigenvalue weighted by atomic mass is 10.2. The van der Waals surface area contributed by atoms with Crippen molar-refractivity contribution in [3.05, 3.63) is 29.8 Å². The first-order chi connectivity index (χ1) is 5.74. The standard InChI is InChI=1S/C10H13ClS/c1-8(2)12-10-6-4-3-5-9(10)7-11/h3-6,8H,7H2,1-2H3. The maximum Gasteiger partial charge on any atom is 0.0485 e. The second-order valence-corrected chi connectivity index (χ2v) is 4.79. The number of hydrogen-bond acceptors (Lipinski definition) is 1. The fraction of sp³-hybridized carbons (Fsp3) is 0.400. The van der Waals surface area contributed by atoms with Gasteiger partial charge in [0.1, 0.15) is 0 Å². The summed E-state index contributed by atoms with van der Waals surface area (Å²) in [6.07, 6.45) is 0. The van der Waals surface area contributed by atoms with Crippen LogP contribution in [0.2, 0.25) is 0 Å². The lowest BCUT2D eigenvalue weighted by Crippen LogP contribution is -1.89. The minimum absolute atomic E-state index is 0.607. The number of thioether (sulfide) groups is 1. The number of hydrogen-bond donors (Lipinski definition) is 0. The van der Waals surface area contributed by atoms with E-state index in [1.54, 1.807) is 0 Å². The van der Waals surface area contributed by atoms with Crippen molar-refractivity contribution in [2.24, 2.45) is 0 Å². The Morgan fingerprint density at radius 3 is 2.58 bits per heavy atom. The van der Waals surface area contributed by atoms with Crippen LogP contribution in [-0.4, -0.2) is 5.25 Å². The minimum atomic E-state index is 0.607. The van der Waals surface area contributed by atoms with Crippen molar-refractivity contribution in [2.45, 2.75) is 29.9 Å². The molecule has 0 amide bonds. The van der Waals surface area contributed by atoms with Gasteiger partial charge in [-0.1, -0.05) is 32.0 Å². The van der Waals surface area contributed by atoms with Gasteiger partial charge < -0.3 is 0 Å². The third-order valence-corrected chi connectivity index (χ3v) is 2.89. The zero-order chi connectivity index (χ0) is 8.97. The summed E-state index contributed by atoms with van der Waals surface area (Å²) < 4.78 is 0. The number of halogens is 1. The molecule has 0 saturated heterocycles. The largest absolute Gasteiger partial charge is 0.123 e. The van der Waals surface area contributed by atoms with Gasteiger partial charge in [0, 0.05) is 16.0 Å². The van der Waals surface area contributed by atoms with Crippen LogP contribution in [0, 0.1) is 0 Å². The molecular formula is C10H13ClS. The highest BCUT2D eigenvalue weighted by Crippen LogP contribution is 2.27. The van der Waals surface area contributed by atoms with E-state index < -0.39 is 0 Å². The average molecular weight is 201 g/mol. The van der Waals surface area contributed by atoms with Crippen LogP contribution in [0.15, 0.2) is 29.2 Å². The highest BCUT2D eigenvalue weighted by atomic mass is 35.5. The topological polar surface area (TPSA) is 0 Å². The van der Waals surface area contributed by atoms with Gasteiger partial charge in [0.2, 0.25) is 0 Å². The molecule has 2 heteroatoms. The molecule has 0 fully saturated rings. The molecule has 0 saturated carbocycles. The molecule has 12 heavy (non-hydrogen) atoms. The van der Waals surface area contributed by atoms with Gasteiger partial charge in [0.25, 0.3) is 0 Å². The molecule has 0 aliphatic heterocycles. The van der Waals surface area contributed by atoms with E-state index in [2.05, 4.69) is 32.0 Å². The molecule has 0 heterocycles. The second-order valence-electron chi connectivity index (χ2n) is 2.91. The van der Waals surface area contributed by atoms with Crippen LogP contribution in [0.3, 0.4) is 0 Å². The van der Waals surface area contributed by atoms with E-state index in [0.29, 0.717) is 11.1 Å². The summed E-state index contributed by atoms with van der Waals surface area (Å²) in [4.78, 5) is 1.31. The van der Waals surface area contributed by atoms with Crippen molar-refractivity contribution >= 4 is 23.4 Å². The summed E-state index contributed by atoms with van der Waals surface area (Å²) in [6.45, 7) is 4.38. The maximum atomic E-state index is 5.80. The zero-order valence-corrected chi connectivity index (χ0v) is 8.95. The van der Waals surface area contributed by atoms with E-state index in [9.17, 15) is 0 Å². The molecule has 1 aromatic carbocycles. The average Bonchev–Trinajstić information content (AvgIpc) is 2.04. The fourth-order valence-corrected chi connectivity index (χ4v) is 2.25. The van der Waals surface area contributed by atoms with E-state index in [0.717, 1.165) is 0 Å². The van der Waals surface area contributed by atoms with E-state index in [-0.39, 0.29) is 0 Å². The van der Waals surface area contributed by atoms with Gasteiger partial charge in [-0.2, -0.15) is 0 Å². The quantitative estimate of drug-likeness (QED) is 0.527. The van der Waals surface area contributed by atoms with Crippen LogP contribution in [0.4, 0.5) is 0 Å². The van der Waals surface area contributed by atoms with Crippen molar-refractivity contribution in [3.8, 4) is 0 Å². The van der Waals surface area contributed by atoms with Gasteiger partial charge in [0.05, 0.1) is 0 Å². The van der Waals surface area contributed by atoms with Gasteiger partial charge in [0.15, 0.2) is 0 Å². The van der Waals surface area contributed by atoms with Crippen LogP contribution >= 0.6 is 23.4 Å². The third kappa shape index (κ3) is 2.72. The molecule has 0 nitrogen and oxygen atoms in total. The highest BCUT2D eigenvalue weighted by Gasteiger charge is 2.02. The maximum absolute atomic E-state index is 5.80. The molecule has 0 radical (unpaired) electrons. The van der Waals surface area contributed by atoms with Crippen LogP contribution in [0.5, 0.6) is 0 Å². The van der Waals surface area contributed by atoms with Crippen LogP contribution in [0.25, 0.3) is 0 Å². The van der Waals surface area contributed by atoms with Crippen LogP contribution in [0.1, 0.15) is 19.4 Å². The predicted molar refractivity (Wildman–Crippen MR) is 57.0 cm³/mol. The van der Waals surface area contributed by atoms with Crippen molar-refractivity contribution in [2.75, 3.05) is 0 Å². The summed E-state index contributed by atoms with van der Waals surface area (Å²) in [5.41, 5.74) is 1.23. The molecule has 0 spiro atoms. The van der Waals surface area contributed by atoms with Crippen LogP contribution < -0.4 is 0 Å². The SMILES string of the molecule is CC(C)Sc1ccccc1CCl. The fourth-order valence-electron chi connectivity index (χ4n) is 0.983. The first kappa shape index (κ1) is 9.94. The van der Waals surface area contributed by atoms with Crippen molar-refractivity contribution in [3.63, 3.8) is 0 Å². The Kier molecular flexibility index (Phi) is 3.96. The molecule has 0 aliphatic carbocycles. The Labute approximate surface area is 83.3 Å². The lowest BCUT2D eigenvalue weighted by molar-refractivity contribution is 1.10. The molecular weight excluding hydrogens is 188 g/mol. The van der Waals surface area contributed by atoms with Crippen LogP contribution in [-0.2, 0) is 5.88 Å². The Bertz CT molecular complexity index is 245. The minimum Gasteiger partial charge on any atom is -0.123 e. The summed E-state index contributed by atoms with van der Waals surface area (Å²) in [6, 6.07) is 8.29. The van der Waals surface area contributed by atoms with Crippen molar-refractivity contribution in [1.29, 1.82) is 0 Å². The normalized spacial score (nSPS) is 10.7.